The van der Waals surface area contributed by atoms with Gasteiger partial charge in [0.15, 0.2) is 0 Å². The Morgan fingerprint density at radius 1 is 1.58 bits per heavy atom. The number of amides is 2. The first-order chi connectivity index (χ1) is 9.06. The first-order valence-corrected chi connectivity index (χ1v) is 5.83. The van der Waals surface area contributed by atoms with E-state index in [1.807, 2.05) is 0 Å². The second-order valence-corrected chi connectivity index (χ2v) is 4.39. The van der Waals surface area contributed by atoms with Gasteiger partial charge in [0.05, 0.1) is 12.2 Å². The second-order valence-electron chi connectivity index (χ2n) is 4.39. The molecular weight excluding hydrogens is 252 g/mol. The van der Waals surface area contributed by atoms with Gasteiger partial charge in [0, 0.05) is 31.3 Å². The molecule has 0 aliphatic carbocycles. The molecule has 0 saturated carbocycles. The Bertz CT molecular complexity index is 485. The van der Waals surface area contributed by atoms with Gasteiger partial charge in [0.1, 0.15) is 6.04 Å². The average molecular weight is 266 g/mol. The number of carboxylic acid groups (broad SMARTS) is 1. The Morgan fingerprint density at radius 2 is 2.37 bits per heavy atom. The van der Waals surface area contributed by atoms with Gasteiger partial charge in [-0.1, -0.05) is 0 Å². The maximum absolute atomic E-state index is 11.8. The summed E-state index contributed by atoms with van der Waals surface area (Å²) in [5.41, 5.74) is 0.619. The SMILES string of the molecule is O=C1CC(C(=O)N[C@@H](Cc2cnc[nH]2)C(=O)O)CN1. The van der Waals surface area contributed by atoms with Crippen LogP contribution in [0.25, 0.3) is 0 Å². The summed E-state index contributed by atoms with van der Waals surface area (Å²) < 4.78 is 0. The normalized spacial score (nSPS) is 19.8. The lowest BCUT2D eigenvalue weighted by Gasteiger charge is -2.15. The van der Waals surface area contributed by atoms with E-state index in [9.17, 15) is 14.4 Å². The zero-order chi connectivity index (χ0) is 13.8. The summed E-state index contributed by atoms with van der Waals surface area (Å²) in [6, 6.07) is -1.04. The standard InChI is InChI=1S/C11H14N4O4/c16-9-1-6(3-13-9)10(17)15-8(11(18)19)2-7-4-12-5-14-7/h4-6,8H,1-3H2,(H,12,14)(H,13,16)(H,15,17)(H,18,19)/t6?,8-/m0/s1. The number of aromatic amines is 1. The van der Waals surface area contributed by atoms with E-state index in [0.29, 0.717) is 5.69 Å². The molecule has 1 saturated heterocycles. The van der Waals surface area contributed by atoms with Crippen LogP contribution in [-0.2, 0) is 20.8 Å². The van der Waals surface area contributed by atoms with Crippen LogP contribution in [0.3, 0.4) is 0 Å². The van der Waals surface area contributed by atoms with Crippen molar-refractivity contribution in [2.75, 3.05) is 6.54 Å². The summed E-state index contributed by atoms with van der Waals surface area (Å²) in [5.74, 6) is -2.25. The van der Waals surface area contributed by atoms with E-state index >= 15 is 0 Å². The van der Waals surface area contributed by atoms with Crippen molar-refractivity contribution in [3.05, 3.63) is 18.2 Å². The van der Waals surface area contributed by atoms with Crippen molar-refractivity contribution in [2.45, 2.75) is 18.9 Å². The summed E-state index contributed by atoms with van der Waals surface area (Å²) >= 11 is 0. The third kappa shape index (κ3) is 3.30. The minimum atomic E-state index is -1.12. The highest BCUT2D eigenvalue weighted by Gasteiger charge is 2.31. The minimum absolute atomic E-state index is 0.0994. The van der Waals surface area contributed by atoms with Crippen molar-refractivity contribution >= 4 is 17.8 Å². The number of hydrogen-bond acceptors (Lipinski definition) is 4. The number of nitrogens with zero attached hydrogens (tertiary/aromatic N) is 1. The van der Waals surface area contributed by atoms with Gasteiger partial charge >= 0.3 is 5.97 Å². The fourth-order valence-corrected chi connectivity index (χ4v) is 1.90. The second kappa shape index (κ2) is 5.51. The number of aliphatic carboxylic acids is 1. The molecule has 1 aromatic rings. The number of rotatable bonds is 5. The fraction of sp³-hybridized carbons (Fsp3) is 0.455. The van der Waals surface area contributed by atoms with Gasteiger partial charge in [-0.2, -0.15) is 0 Å². The Labute approximate surface area is 108 Å². The molecule has 8 heteroatoms. The van der Waals surface area contributed by atoms with E-state index in [-0.39, 0.29) is 25.3 Å². The van der Waals surface area contributed by atoms with Gasteiger partial charge in [-0.15, -0.1) is 0 Å². The van der Waals surface area contributed by atoms with E-state index < -0.39 is 23.8 Å². The molecule has 2 rings (SSSR count). The summed E-state index contributed by atoms with van der Waals surface area (Å²) in [7, 11) is 0. The van der Waals surface area contributed by atoms with Crippen LogP contribution in [0.15, 0.2) is 12.5 Å². The Kier molecular flexibility index (Phi) is 3.79. The molecule has 0 radical (unpaired) electrons. The molecule has 1 aromatic heterocycles. The topological polar surface area (TPSA) is 124 Å². The molecule has 0 spiro atoms. The number of imidazole rings is 1. The molecule has 2 amide bonds. The number of carbonyl (C=O) groups excluding carboxylic acids is 2. The van der Waals surface area contributed by atoms with E-state index in [1.54, 1.807) is 0 Å². The number of hydrogen-bond donors (Lipinski definition) is 4. The van der Waals surface area contributed by atoms with Gasteiger partial charge in [-0.25, -0.2) is 9.78 Å². The zero-order valence-corrected chi connectivity index (χ0v) is 10.0. The number of carbonyl (C=O) groups is 3. The van der Waals surface area contributed by atoms with Gasteiger partial charge in [0.2, 0.25) is 11.8 Å². The maximum Gasteiger partial charge on any atom is 0.326 e. The summed E-state index contributed by atoms with van der Waals surface area (Å²) in [6.07, 6.45) is 3.16. The highest BCUT2D eigenvalue weighted by atomic mass is 16.4. The van der Waals surface area contributed by atoms with E-state index in [1.165, 1.54) is 12.5 Å². The van der Waals surface area contributed by atoms with Gasteiger partial charge in [0.25, 0.3) is 0 Å². The first-order valence-electron chi connectivity index (χ1n) is 5.83. The van der Waals surface area contributed by atoms with Crippen molar-refractivity contribution in [2.24, 2.45) is 5.92 Å². The molecule has 2 atom stereocenters. The smallest absolute Gasteiger partial charge is 0.326 e. The molecule has 4 N–H and O–H groups in total. The molecule has 19 heavy (non-hydrogen) atoms. The molecule has 2 heterocycles. The van der Waals surface area contributed by atoms with Crippen LogP contribution in [0.5, 0.6) is 0 Å². The number of carboxylic acids is 1. The quantitative estimate of drug-likeness (QED) is 0.525. The molecular formula is C11H14N4O4. The molecule has 0 aromatic carbocycles. The minimum Gasteiger partial charge on any atom is -0.480 e. The summed E-state index contributed by atoms with van der Waals surface area (Å²) in [4.78, 5) is 40.5. The monoisotopic (exact) mass is 266 g/mol. The number of aromatic nitrogens is 2. The molecule has 1 aliphatic rings. The van der Waals surface area contributed by atoms with Crippen molar-refractivity contribution in [1.29, 1.82) is 0 Å². The maximum atomic E-state index is 11.8. The third-order valence-electron chi connectivity index (χ3n) is 2.94. The number of H-pyrrole nitrogens is 1. The van der Waals surface area contributed by atoms with Gasteiger partial charge < -0.3 is 20.7 Å². The largest absolute Gasteiger partial charge is 0.480 e. The van der Waals surface area contributed by atoms with E-state index in [0.717, 1.165) is 0 Å². The van der Waals surface area contributed by atoms with Crippen molar-refractivity contribution in [3.63, 3.8) is 0 Å². The highest BCUT2D eigenvalue weighted by Crippen LogP contribution is 2.09. The van der Waals surface area contributed by atoms with E-state index in [4.69, 9.17) is 5.11 Å². The summed E-state index contributed by atoms with van der Waals surface area (Å²) in [5, 5.41) is 14.1. The first kappa shape index (κ1) is 13.1. The van der Waals surface area contributed by atoms with Crippen LogP contribution in [0.1, 0.15) is 12.1 Å². The lowest BCUT2D eigenvalue weighted by atomic mass is 10.1. The fourth-order valence-electron chi connectivity index (χ4n) is 1.90. The Hall–Kier alpha value is -2.38. The zero-order valence-electron chi connectivity index (χ0n) is 10.0. The van der Waals surface area contributed by atoms with Crippen LogP contribution in [0.4, 0.5) is 0 Å². The molecule has 0 bridgehead atoms. The third-order valence-corrected chi connectivity index (χ3v) is 2.94. The predicted octanol–water partition coefficient (Wildman–Crippen LogP) is -1.34. The lowest BCUT2D eigenvalue weighted by Crippen LogP contribution is -2.45. The van der Waals surface area contributed by atoms with Crippen LogP contribution in [0.2, 0.25) is 0 Å². The van der Waals surface area contributed by atoms with Crippen molar-refractivity contribution < 1.29 is 19.5 Å². The van der Waals surface area contributed by atoms with Crippen molar-refractivity contribution in [3.8, 4) is 0 Å². The summed E-state index contributed by atoms with van der Waals surface area (Å²) in [6.45, 7) is 0.251. The Balaban J connectivity index is 1.95. The predicted molar refractivity (Wildman–Crippen MR) is 63.0 cm³/mol. The van der Waals surface area contributed by atoms with Crippen molar-refractivity contribution in [1.82, 2.24) is 20.6 Å². The van der Waals surface area contributed by atoms with E-state index in [2.05, 4.69) is 20.6 Å². The molecule has 1 fully saturated rings. The van der Waals surface area contributed by atoms with Gasteiger partial charge in [-0.3, -0.25) is 9.59 Å². The lowest BCUT2D eigenvalue weighted by molar-refractivity contribution is -0.142. The average Bonchev–Trinajstić information content (AvgIpc) is 2.99. The molecule has 102 valence electrons. The van der Waals surface area contributed by atoms with Crippen LogP contribution >= 0.6 is 0 Å². The van der Waals surface area contributed by atoms with Crippen LogP contribution < -0.4 is 10.6 Å². The van der Waals surface area contributed by atoms with Crippen LogP contribution in [-0.4, -0.2) is 45.4 Å². The highest BCUT2D eigenvalue weighted by molar-refractivity contribution is 5.91. The molecule has 8 nitrogen and oxygen atoms in total. The molecule has 1 unspecified atom stereocenters. The number of nitrogens with one attached hydrogen (secondary N) is 3. The van der Waals surface area contributed by atoms with Crippen LogP contribution in [0, 0.1) is 5.92 Å². The molecule has 1 aliphatic heterocycles. The van der Waals surface area contributed by atoms with Gasteiger partial charge in [-0.05, 0) is 0 Å². The Morgan fingerprint density at radius 3 is 2.89 bits per heavy atom.